The molecule has 3 rings (SSSR count). The summed E-state index contributed by atoms with van der Waals surface area (Å²) in [5.41, 5.74) is 2.89. The number of carboxylic acid groups (broad SMARTS) is 1. The second-order valence-corrected chi connectivity index (χ2v) is 8.22. The number of rotatable bonds is 5. The zero-order valence-electron chi connectivity index (χ0n) is 15.5. The van der Waals surface area contributed by atoms with Crippen molar-refractivity contribution in [2.45, 2.75) is 70.6 Å². The summed E-state index contributed by atoms with van der Waals surface area (Å²) in [6.07, 6.45) is 14.8. The van der Waals surface area contributed by atoms with Crippen LogP contribution in [0.25, 0.3) is 0 Å². The van der Waals surface area contributed by atoms with Crippen molar-refractivity contribution >= 4 is 5.97 Å². The van der Waals surface area contributed by atoms with Gasteiger partial charge < -0.3 is 5.11 Å². The van der Waals surface area contributed by atoms with Crippen LogP contribution in [0.15, 0.2) is 36.4 Å². The van der Waals surface area contributed by atoms with Crippen molar-refractivity contribution in [2.75, 3.05) is 0 Å². The van der Waals surface area contributed by atoms with Crippen molar-refractivity contribution in [1.82, 2.24) is 0 Å². The van der Waals surface area contributed by atoms with Gasteiger partial charge in [-0.1, -0.05) is 42.0 Å². The third-order valence-electron chi connectivity index (χ3n) is 6.50. The van der Waals surface area contributed by atoms with Gasteiger partial charge >= 0.3 is 5.97 Å². The van der Waals surface area contributed by atoms with Crippen molar-refractivity contribution in [3.05, 3.63) is 47.5 Å². The molecule has 2 fully saturated rings. The molecular weight excluding hydrogens is 308 g/mol. The lowest BCUT2D eigenvalue weighted by atomic mass is 9.68. The van der Waals surface area contributed by atoms with Gasteiger partial charge in [0.15, 0.2) is 0 Å². The Kier molecular flexibility index (Phi) is 6.34. The fourth-order valence-electron chi connectivity index (χ4n) is 4.93. The minimum Gasteiger partial charge on any atom is -0.481 e. The summed E-state index contributed by atoms with van der Waals surface area (Å²) in [6, 6.07) is 9.16. The maximum atomic E-state index is 10.6. The number of benzene rings is 1. The lowest BCUT2D eigenvalue weighted by molar-refractivity contribution is -0.136. The number of hydrogen-bond acceptors (Lipinski definition) is 1. The molecule has 1 aromatic rings. The van der Waals surface area contributed by atoms with Crippen molar-refractivity contribution < 1.29 is 9.90 Å². The molecule has 0 radical (unpaired) electrons. The van der Waals surface area contributed by atoms with E-state index in [2.05, 4.69) is 37.3 Å². The van der Waals surface area contributed by atoms with Crippen LogP contribution in [0.4, 0.5) is 0 Å². The number of aryl methyl sites for hydroxylation is 1. The van der Waals surface area contributed by atoms with Crippen LogP contribution >= 0.6 is 0 Å². The molecule has 0 amide bonds. The normalized spacial score (nSPS) is 30.4. The Morgan fingerprint density at radius 2 is 1.52 bits per heavy atom. The Labute approximate surface area is 152 Å². The molecule has 1 aromatic carbocycles. The molecule has 0 aliphatic heterocycles. The van der Waals surface area contributed by atoms with Crippen LogP contribution in [-0.2, 0) is 4.79 Å². The van der Waals surface area contributed by atoms with Gasteiger partial charge in [0.25, 0.3) is 0 Å². The lowest BCUT2D eigenvalue weighted by Gasteiger charge is -2.37. The van der Waals surface area contributed by atoms with E-state index in [4.69, 9.17) is 5.11 Å². The summed E-state index contributed by atoms with van der Waals surface area (Å²) in [6.45, 7) is 2.16. The number of carbonyl (C=O) groups is 1. The van der Waals surface area contributed by atoms with Crippen molar-refractivity contribution in [1.29, 1.82) is 0 Å². The molecule has 2 nitrogen and oxygen atoms in total. The van der Waals surface area contributed by atoms with E-state index in [-0.39, 0.29) is 6.42 Å². The number of aliphatic carboxylic acids is 1. The summed E-state index contributed by atoms with van der Waals surface area (Å²) in [4.78, 5) is 10.6. The summed E-state index contributed by atoms with van der Waals surface area (Å²) in [7, 11) is 0. The van der Waals surface area contributed by atoms with Gasteiger partial charge in [-0.25, -0.2) is 0 Å². The van der Waals surface area contributed by atoms with Gasteiger partial charge in [-0.3, -0.25) is 4.79 Å². The molecule has 0 unspecified atom stereocenters. The largest absolute Gasteiger partial charge is 0.481 e. The van der Waals surface area contributed by atoms with E-state index >= 15 is 0 Å². The van der Waals surface area contributed by atoms with E-state index < -0.39 is 5.97 Å². The third-order valence-corrected chi connectivity index (χ3v) is 6.50. The lowest BCUT2D eigenvalue weighted by Crippen LogP contribution is -2.25. The van der Waals surface area contributed by atoms with Crippen LogP contribution in [0.3, 0.4) is 0 Å². The van der Waals surface area contributed by atoms with Crippen LogP contribution < -0.4 is 0 Å². The number of carboxylic acids is 1. The highest BCUT2D eigenvalue weighted by molar-refractivity contribution is 5.68. The van der Waals surface area contributed by atoms with E-state index in [0.717, 1.165) is 17.8 Å². The summed E-state index contributed by atoms with van der Waals surface area (Å²) < 4.78 is 0. The third kappa shape index (κ3) is 5.20. The van der Waals surface area contributed by atoms with Crippen LogP contribution in [-0.4, -0.2) is 11.1 Å². The van der Waals surface area contributed by atoms with Gasteiger partial charge in [0.05, 0.1) is 6.42 Å². The molecule has 2 aliphatic rings. The topological polar surface area (TPSA) is 37.3 Å². The van der Waals surface area contributed by atoms with Gasteiger partial charge in [0.2, 0.25) is 0 Å². The van der Waals surface area contributed by atoms with Crippen molar-refractivity contribution in [3.63, 3.8) is 0 Å². The predicted octanol–water partition coefficient (Wildman–Crippen LogP) is 6.11. The maximum Gasteiger partial charge on any atom is 0.307 e. The van der Waals surface area contributed by atoms with Crippen LogP contribution in [0.1, 0.15) is 74.8 Å². The maximum absolute atomic E-state index is 10.6. The Morgan fingerprint density at radius 3 is 2.08 bits per heavy atom. The molecule has 0 bridgehead atoms. The number of hydrogen-bond donors (Lipinski definition) is 1. The Balaban J connectivity index is 1.42. The molecule has 2 aliphatic carbocycles. The highest BCUT2D eigenvalue weighted by Gasteiger charge is 2.30. The molecule has 0 atom stereocenters. The molecule has 1 N–H and O–H groups in total. The quantitative estimate of drug-likeness (QED) is 0.657. The zero-order valence-corrected chi connectivity index (χ0v) is 15.5. The molecule has 2 saturated carbocycles. The SMILES string of the molecule is Cc1ccc(C2CCC(C3CCC(C=CCC(=O)O)CC3)CC2)cc1. The van der Waals surface area contributed by atoms with Crippen LogP contribution in [0.5, 0.6) is 0 Å². The van der Waals surface area contributed by atoms with Gasteiger partial charge in [0.1, 0.15) is 0 Å². The fourth-order valence-corrected chi connectivity index (χ4v) is 4.93. The Bertz CT molecular complexity index is 571. The molecule has 0 saturated heterocycles. The van der Waals surface area contributed by atoms with E-state index in [1.54, 1.807) is 0 Å². The van der Waals surface area contributed by atoms with E-state index in [1.807, 2.05) is 6.08 Å². The Morgan fingerprint density at radius 1 is 0.960 bits per heavy atom. The monoisotopic (exact) mass is 340 g/mol. The van der Waals surface area contributed by atoms with Crippen LogP contribution in [0, 0.1) is 24.7 Å². The van der Waals surface area contributed by atoms with Gasteiger partial charge in [-0.2, -0.15) is 0 Å². The summed E-state index contributed by atoms with van der Waals surface area (Å²) in [5.74, 6) is 2.48. The smallest absolute Gasteiger partial charge is 0.307 e. The Hall–Kier alpha value is -1.57. The molecule has 0 spiro atoms. The number of allylic oxidation sites excluding steroid dienone is 1. The van der Waals surface area contributed by atoms with Gasteiger partial charge in [-0.05, 0) is 87.5 Å². The van der Waals surface area contributed by atoms with Gasteiger partial charge in [0, 0.05) is 0 Å². The second-order valence-electron chi connectivity index (χ2n) is 8.22. The fraction of sp³-hybridized carbons (Fsp3) is 0.609. The minimum atomic E-state index is -0.727. The van der Waals surface area contributed by atoms with Crippen molar-refractivity contribution in [2.24, 2.45) is 17.8 Å². The average Bonchev–Trinajstić information content (AvgIpc) is 2.63. The highest BCUT2D eigenvalue weighted by atomic mass is 16.4. The standard InChI is InChI=1S/C23H32O2/c1-17-5-9-19(10-6-17)21-13-15-22(16-14-21)20-11-7-18(8-12-20)3-2-4-23(24)25/h2-3,5-6,9-10,18,20-22H,4,7-8,11-16H2,1H3,(H,24,25). The highest BCUT2D eigenvalue weighted by Crippen LogP contribution is 2.44. The van der Waals surface area contributed by atoms with E-state index in [9.17, 15) is 4.79 Å². The first kappa shape index (κ1) is 18.2. The molecule has 0 heterocycles. The first-order chi connectivity index (χ1) is 12.1. The first-order valence-electron chi connectivity index (χ1n) is 10.1. The molecule has 25 heavy (non-hydrogen) atoms. The molecule has 0 aromatic heterocycles. The zero-order chi connectivity index (χ0) is 17.6. The average molecular weight is 341 g/mol. The summed E-state index contributed by atoms with van der Waals surface area (Å²) in [5, 5.41) is 8.72. The second kappa shape index (κ2) is 8.69. The predicted molar refractivity (Wildman–Crippen MR) is 103 cm³/mol. The van der Waals surface area contributed by atoms with Crippen molar-refractivity contribution in [3.8, 4) is 0 Å². The van der Waals surface area contributed by atoms with Gasteiger partial charge in [-0.15, -0.1) is 0 Å². The molecular formula is C23H32O2. The summed E-state index contributed by atoms with van der Waals surface area (Å²) >= 11 is 0. The van der Waals surface area contributed by atoms with E-state index in [0.29, 0.717) is 5.92 Å². The van der Waals surface area contributed by atoms with Crippen LogP contribution in [0.2, 0.25) is 0 Å². The first-order valence-corrected chi connectivity index (χ1v) is 10.1. The molecule has 136 valence electrons. The van der Waals surface area contributed by atoms with E-state index in [1.165, 1.54) is 62.5 Å². The molecule has 2 heteroatoms. The minimum absolute atomic E-state index is 0.170.